The summed E-state index contributed by atoms with van der Waals surface area (Å²) >= 11 is 0. The molecule has 0 aliphatic heterocycles. The van der Waals surface area contributed by atoms with Crippen LogP contribution in [0.4, 0.5) is 0 Å². The van der Waals surface area contributed by atoms with Crippen molar-refractivity contribution in [2.75, 3.05) is 13.2 Å². The van der Waals surface area contributed by atoms with Crippen molar-refractivity contribution >= 4 is 5.97 Å². The van der Waals surface area contributed by atoms with Gasteiger partial charge < -0.3 is 14.6 Å². The fourth-order valence-electron chi connectivity index (χ4n) is 1.94. The van der Waals surface area contributed by atoms with Crippen molar-refractivity contribution in [3.63, 3.8) is 0 Å². The van der Waals surface area contributed by atoms with E-state index in [-0.39, 0.29) is 12.2 Å². The standard InChI is InChI=1S/C17H18O4/c1-12-4-3-5-14(10-12)20-8-9-21-16-11-13(2)6-7-15(16)17(18)19/h3-7,10-11H,8-9H2,1-2H3,(H,18,19). The van der Waals surface area contributed by atoms with E-state index in [4.69, 9.17) is 14.6 Å². The van der Waals surface area contributed by atoms with Crippen LogP contribution in [0.25, 0.3) is 0 Å². The highest BCUT2D eigenvalue weighted by molar-refractivity contribution is 5.90. The molecule has 21 heavy (non-hydrogen) atoms. The first-order valence-electron chi connectivity index (χ1n) is 6.72. The van der Waals surface area contributed by atoms with Crippen molar-refractivity contribution in [3.05, 3.63) is 59.2 Å². The molecular weight excluding hydrogens is 268 g/mol. The maximum Gasteiger partial charge on any atom is 0.339 e. The van der Waals surface area contributed by atoms with Gasteiger partial charge in [-0.1, -0.05) is 18.2 Å². The molecule has 4 nitrogen and oxygen atoms in total. The van der Waals surface area contributed by atoms with E-state index in [0.29, 0.717) is 12.4 Å². The van der Waals surface area contributed by atoms with Gasteiger partial charge in [-0.25, -0.2) is 4.79 Å². The number of aryl methyl sites for hydroxylation is 2. The molecule has 0 aliphatic carbocycles. The fourth-order valence-corrected chi connectivity index (χ4v) is 1.94. The molecule has 2 aromatic carbocycles. The van der Waals surface area contributed by atoms with Crippen LogP contribution in [-0.2, 0) is 0 Å². The van der Waals surface area contributed by atoms with Crippen molar-refractivity contribution in [1.29, 1.82) is 0 Å². The van der Waals surface area contributed by atoms with Gasteiger partial charge in [0.05, 0.1) is 0 Å². The Morgan fingerprint density at radius 3 is 2.43 bits per heavy atom. The van der Waals surface area contributed by atoms with Gasteiger partial charge in [-0.05, 0) is 49.2 Å². The van der Waals surface area contributed by atoms with E-state index in [1.165, 1.54) is 0 Å². The van der Waals surface area contributed by atoms with Gasteiger partial charge in [0, 0.05) is 0 Å². The Balaban J connectivity index is 1.91. The first-order chi connectivity index (χ1) is 10.1. The van der Waals surface area contributed by atoms with Gasteiger partial charge in [-0.3, -0.25) is 0 Å². The molecule has 2 rings (SSSR count). The molecule has 0 amide bonds. The smallest absolute Gasteiger partial charge is 0.339 e. The number of hydrogen-bond acceptors (Lipinski definition) is 3. The number of carboxylic acid groups (broad SMARTS) is 1. The van der Waals surface area contributed by atoms with Crippen LogP contribution in [0.3, 0.4) is 0 Å². The van der Waals surface area contributed by atoms with Crippen molar-refractivity contribution in [2.24, 2.45) is 0 Å². The average molecular weight is 286 g/mol. The first-order valence-corrected chi connectivity index (χ1v) is 6.72. The fraction of sp³-hybridized carbons (Fsp3) is 0.235. The lowest BCUT2D eigenvalue weighted by Crippen LogP contribution is -2.11. The number of aromatic carboxylic acids is 1. The Morgan fingerprint density at radius 2 is 1.71 bits per heavy atom. The third kappa shape index (κ3) is 4.24. The molecule has 0 bridgehead atoms. The molecule has 2 aromatic rings. The Kier molecular flexibility index (Phi) is 4.82. The summed E-state index contributed by atoms with van der Waals surface area (Å²) in [6, 6.07) is 12.8. The van der Waals surface area contributed by atoms with Crippen LogP contribution in [0.5, 0.6) is 11.5 Å². The van der Waals surface area contributed by atoms with Crippen LogP contribution in [0.2, 0.25) is 0 Å². The lowest BCUT2D eigenvalue weighted by atomic mass is 10.1. The van der Waals surface area contributed by atoms with E-state index in [1.54, 1.807) is 18.2 Å². The van der Waals surface area contributed by atoms with E-state index in [1.807, 2.05) is 38.1 Å². The normalized spacial score (nSPS) is 10.2. The zero-order valence-corrected chi connectivity index (χ0v) is 12.1. The number of rotatable bonds is 6. The molecule has 1 N–H and O–H groups in total. The summed E-state index contributed by atoms with van der Waals surface area (Å²) in [6.07, 6.45) is 0. The minimum absolute atomic E-state index is 0.163. The Labute approximate surface area is 123 Å². The van der Waals surface area contributed by atoms with Crippen LogP contribution in [0.15, 0.2) is 42.5 Å². The molecule has 0 atom stereocenters. The Hall–Kier alpha value is -2.49. The maximum atomic E-state index is 11.1. The summed E-state index contributed by atoms with van der Waals surface area (Å²) < 4.78 is 11.1. The van der Waals surface area contributed by atoms with E-state index >= 15 is 0 Å². The van der Waals surface area contributed by atoms with Crippen molar-refractivity contribution in [2.45, 2.75) is 13.8 Å². The summed E-state index contributed by atoms with van der Waals surface area (Å²) in [4.78, 5) is 11.1. The number of ether oxygens (including phenoxy) is 2. The number of benzene rings is 2. The molecule has 0 heterocycles. The molecular formula is C17H18O4. The van der Waals surface area contributed by atoms with Crippen LogP contribution in [-0.4, -0.2) is 24.3 Å². The molecule has 0 saturated carbocycles. The molecule has 110 valence electrons. The summed E-state index contributed by atoms with van der Waals surface area (Å²) in [5.74, 6) is 0.154. The van der Waals surface area contributed by atoms with Crippen LogP contribution >= 0.6 is 0 Å². The maximum absolute atomic E-state index is 11.1. The van der Waals surface area contributed by atoms with Crippen molar-refractivity contribution < 1.29 is 19.4 Å². The summed E-state index contributed by atoms with van der Waals surface area (Å²) in [7, 11) is 0. The van der Waals surface area contributed by atoms with Crippen LogP contribution in [0.1, 0.15) is 21.5 Å². The van der Waals surface area contributed by atoms with Gasteiger partial charge in [0.25, 0.3) is 0 Å². The predicted molar refractivity (Wildman–Crippen MR) is 80.3 cm³/mol. The molecule has 0 radical (unpaired) electrons. The summed E-state index contributed by atoms with van der Waals surface area (Å²) in [5, 5.41) is 9.11. The number of hydrogen-bond donors (Lipinski definition) is 1. The third-order valence-corrected chi connectivity index (χ3v) is 2.97. The topological polar surface area (TPSA) is 55.8 Å². The van der Waals surface area contributed by atoms with Gasteiger partial charge in [-0.15, -0.1) is 0 Å². The Bertz CT molecular complexity index is 634. The highest BCUT2D eigenvalue weighted by atomic mass is 16.5. The van der Waals surface area contributed by atoms with Gasteiger partial charge in [0.15, 0.2) is 0 Å². The molecule has 0 spiro atoms. The predicted octanol–water partition coefficient (Wildman–Crippen LogP) is 3.46. The van der Waals surface area contributed by atoms with Crippen LogP contribution in [0, 0.1) is 13.8 Å². The van der Waals surface area contributed by atoms with E-state index in [2.05, 4.69) is 0 Å². The quantitative estimate of drug-likeness (QED) is 0.826. The second-order valence-corrected chi connectivity index (χ2v) is 4.82. The van der Waals surface area contributed by atoms with E-state index in [0.717, 1.165) is 16.9 Å². The Morgan fingerprint density at radius 1 is 1.00 bits per heavy atom. The molecule has 0 unspecified atom stereocenters. The first kappa shape index (κ1) is 14.9. The molecule has 0 saturated heterocycles. The average Bonchev–Trinajstić information content (AvgIpc) is 2.43. The SMILES string of the molecule is Cc1cccc(OCCOc2cc(C)ccc2C(=O)O)c1. The van der Waals surface area contributed by atoms with Crippen LogP contribution < -0.4 is 9.47 Å². The van der Waals surface area contributed by atoms with Gasteiger partial charge in [0.1, 0.15) is 30.3 Å². The van der Waals surface area contributed by atoms with Crippen molar-refractivity contribution in [1.82, 2.24) is 0 Å². The molecule has 4 heteroatoms. The minimum atomic E-state index is -0.996. The van der Waals surface area contributed by atoms with Crippen molar-refractivity contribution in [3.8, 4) is 11.5 Å². The second kappa shape index (κ2) is 6.79. The third-order valence-electron chi connectivity index (χ3n) is 2.97. The zero-order valence-electron chi connectivity index (χ0n) is 12.1. The minimum Gasteiger partial charge on any atom is -0.490 e. The lowest BCUT2D eigenvalue weighted by Gasteiger charge is -2.11. The van der Waals surface area contributed by atoms with Gasteiger partial charge >= 0.3 is 5.97 Å². The molecule has 0 aromatic heterocycles. The van der Waals surface area contributed by atoms with Gasteiger partial charge in [-0.2, -0.15) is 0 Å². The number of carbonyl (C=O) groups is 1. The monoisotopic (exact) mass is 286 g/mol. The largest absolute Gasteiger partial charge is 0.490 e. The summed E-state index contributed by atoms with van der Waals surface area (Å²) in [5.41, 5.74) is 2.24. The second-order valence-electron chi connectivity index (χ2n) is 4.82. The van der Waals surface area contributed by atoms with E-state index in [9.17, 15) is 4.79 Å². The lowest BCUT2D eigenvalue weighted by molar-refractivity contribution is 0.0691. The number of carboxylic acids is 1. The summed E-state index contributed by atoms with van der Waals surface area (Å²) in [6.45, 7) is 4.53. The highest BCUT2D eigenvalue weighted by Gasteiger charge is 2.11. The zero-order chi connectivity index (χ0) is 15.2. The molecule has 0 fully saturated rings. The highest BCUT2D eigenvalue weighted by Crippen LogP contribution is 2.20. The van der Waals surface area contributed by atoms with E-state index < -0.39 is 5.97 Å². The molecule has 0 aliphatic rings. The van der Waals surface area contributed by atoms with Gasteiger partial charge in [0.2, 0.25) is 0 Å².